The van der Waals surface area contributed by atoms with Crippen molar-refractivity contribution in [3.8, 4) is 0 Å². The number of carbonyl (C=O) groups excluding carboxylic acids is 3. The van der Waals surface area contributed by atoms with E-state index in [2.05, 4.69) is 25.7 Å². The van der Waals surface area contributed by atoms with Crippen molar-refractivity contribution in [3.63, 3.8) is 0 Å². The van der Waals surface area contributed by atoms with E-state index in [0.29, 0.717) is 16.9 Å². The molecule has 3 rings (SSSR count). The van der Waals surface area contributed by atoms with Gasteiger partial charge in [-0.05, 0) is 42.5 Å². The van der Waals surface area contributed by atoms with Crippen LogP contribution in [0, 0.1) is 0 Å². The van der Waals surface area contributed by atoms with Crippen molar-refractivity contribution in [2.75, 3.05) is 12.4 Å². The zero-order valence-corrected chi connectivity index (χ0v) is 18.8. The van der Waals surface area contributed by atoms with E-state index in [4.69, 9.17) is 0 Å². The van der Waals surface area contributed by atoms with Crippen molar-refractivity contribution in [2.24, 2.45) is 4.99 Å². The standard InChI is InChI=1S/C24H22N4O4S/c1-16(29)25-21-15-19(33-18-11-7-4-8-12-18)13-14-20(21)26-23(28-24(31)32-2)27-22(30)17-9-5-3-6-10-17/h3-15H,1-2H3,(H,25,29)(H2,26,27,28,30,31). The predicted molar refractivity (Wildman–Crippen MR) is 128 cm³/mol. The fourth-order valence-corrected chi connectivity index (χ4v) is 3.59. The molecular weight excluding hydrogens is 440 g/mol. The average Bonchev–Trinajstić information content (AvgIpc) is 2.81. The number of guanidine groups is 1. The number of amides is 3. The Morgan fingerprint density at radius 3 is 2.15 bits per heavy atom. The number of hydrogen-bond donors (Lipinski definition) is 3. The normalized spacial score (nSPS) is 10.8. The lowest BCUT2D eigenvalue weighted by Gasteiger charge is -2.13. The molecule has 33 heavy (non-hydrogen) atoms. The van der Waals surface area contributed by atoms with Crippen molar-refractivity contribution in [1.82, 2.24) is 10.6 Å². The highest BCUT2D eigenvalue weighted by Crippen LogP contribution is 2.34. The first-order valence-electron chi connectivity index (χ1n) is 9.89. The third-order valence-electron chi connectivity index (χ3n) is 4.16. The molecule has 0 aromatic heterocycles. The topological polar surface area (TPSA) is 109 Å². The Kier molecular flexibility index (Phi) is 8.20. The molecule has 0 saturated carbocycles. The first-order valence-corrected chi connectivity index (χ1v) is 10.7. The number of benzene rings is 3. The summed E-state index contributed by atoms with van der Waals surface area (Å²) in [7, 11) is 1.20. The number of alkyl carbamates (subject to hydrolysis) is 1. The fraction of sp³-hybridized carbons (Fsp3) is 0.0833. The van der Waals surface area contributed by atoms with Gasteiger partial charge in [0.1, 0.15) is 0 Å². The van der Waals surface area contributed by atoms with Gasteiger partial charge in [0.05, 0.1) is 18.5 Å². The molecule has 0 heterocycles. The zero-order valence-electron chi connectivity index (χ0n) is 18.0. The first kappa shape index (κ1) is 23.6. The molecule has 0 spiro atoms. The van der Waals surface area contributed by atoms with Crippen LogP contribution in [0.2, 0.25) is 0 Å². The predicted octanol–water partition coefficient (Wildman–Crippen LogP) is 4.57. The summed E-state index contributed by atoms with van der Waals surface area (Å²) in [5.74, 6) is -0.905. The maximum Gasteiger partial charge on any atom is 0.413 e. The lowest BCUT2D eigenvalue weighted by molar-refractivity contribution is -0.114. The number of hydrogen-bond acceptors (Lipinski definition) is 6. The Labute approximate surface area is 195 Å². The van der Waals surface area contributed by atoms with E-state index in [1.807, 2.05) is 36.4 Å². The summed E-state index contributed by atoms with van der Waals surface area (Å²) in [6, 6.07) is 23.5. The monoisotopic (exact) mass is 462 g/mol. The molecule has 0 aliphatic heterocycles. The summed E-state index contributed by atoms with van der Waals surface area (Å²) in [6.45, 7) is 1.38. The second-order valence-electron chi connectivity index (χ2n) is 6.67. The van der Waals surface area contributed by atoms with Crippen molar-refractivity contribution in [2.45, 2.75) is 16.7 Å². The Morgan fingerprint density at radius 2 is 1.52 bits per heavy atom. The number of methoxy groups -OCH3 is 1. The molecule has 8 nitrogen and oxygen atoms in total. The fourth-order valence-electron chi connectivity index (χ4n) is 2.72. The molecule has 0 bridgehead atoms. The minimum absolute atomic E-state index is 0.147. The van der Waals surface area contributed by atoms with Crippen molar-refractivity contribution >= 4 is 47.0 Å². The first-order chi connectivity index (χ1) is 15.9. The Morgan fingerprint density at radius 1 is 0.848 bits per heavy atom. The molecule has 3 aromatic carbocycles. The highest BCUT2D eigenvalue weighted by molar-refractivity contribution is 7.99. The molecule has 0 aliphatic rings. The van der Waals surface area contributed by atoms with E-state index in [-0.39, 0.29) is 11.9 Å². The Balaban J connectivity index is 1.93. The molecule has 0 fully saturated rings. The summed E-state index contributed by atoms with van der Waals surface area (Å²) in [5, 5.41) is 7.69. The maximum atomic E-state index is 12.6. The highest BCUT2D eigenvalue weighted by atomic mass is 32.2. The highest BCUT2D eigenvalue weighted by Gasteiger charge is 2.14. The third-order valence-corrected chi connectivity index (χ3v) is 5.16. The van der Waals surface area contributed by atoms with Crippen LogP contribution < -0.4 is 16.0 Å². The summed E-state index contributed by atoms with van der Waals surface area (Å²) in [6.07, 6.45) is -0.806. The van der Waals surface area contributed by atoms with Crippen molar-refractivity contribution in [3.05, 3.63) is 84.4 Å². The number of nitrogens with zero attached hydrogens (tertiary/aromatic N) is 1. The van der Waals surface area contributed by atoms with Gasteiger partial charge in [-0.25, -0.2) is 9.79 Å². The van der Waals surface area contributed by atoms with Gasteiger partial charge >= 0.3 is 6.09 Å². The number of anilines is 1. The SMILES string of the molecule is COC(=O)NC(=Nc1ccc(Sc2ccccc2)cc1NC(C)=O)NC(=O)c1ccccc1. The Bertz CT molecular complexity index is 1170. The van der Waals surface area contributed by atoms with Crippen LogP contribution >= 0.6 is 11.8 Å². The molecular formula is C24H22N4O4S. The van der Waals surface area contributed by atoms with Gasteiger partial charge in [-0.3, -0.25) is 20.2 Å². The maximum absolute atomic E-state index is 12.6. The van der Waals surface area contributed by atoms with Gasteiger partial charge in [0.15, 0.2) is 0 Å². The third kappa shape index (κ3) is 7.22. The molecule has 0 saturated heterocycles. The van der Waals surface area contributed by atoms with Crippen LogP contribution in [0.4, 0.5) is 16.2 Å². The van der Waals surface area contributed by atoms with E-state index < -0.39 is 12.0 Å². The van der Waals surface area contributed by atoms with Gasteiger partial charge in [-0.15, -0.1) is 0 Å². The number of nitrogens with one attached hydrogen (secondary N) is 3. The van der Waals surface area contributed by atoms with Crippen LogP contribution in [-0.2, 0) is 9.53 Å². The number of aliphatic imine (C=N–C) groups is 1. The molecule has 3 aromatic rings. The van der Waals surface area contributed by atoms with E-state index in [0.717, 1.165) is 9.79 Å². The van der Waals surface area contributed by atoms with Crippen LogP contribution in [0.3, 0.4) is 0 Å². The van der Waals surface area contributed by atoms with Gasteiger partial charge < -0.3 is 10.1 Å². The lowest BCUT2D eigenvalue weighted by Crippen LogP contribution is -2.43. The lowest BCUT2D eigenvalue weighted by atomic mass is 10.2. The second kappa shape index (κ2) is 11.5. The number of rotatable bonds is 5. The second-order valence-corrected chi connectivity index (χ2v) is 7.82. The van der Waals surface area contributed by atoms with Crippen molar-refractivity contribution in [1.29, 1.82) is 0 Å². The average molecular weight is 463 g/mol. The molecule has 0 atom stereocenters. The van der Waals surface area contributed by atoms with Gasteiger partial charge in [0.25, 0.3) is 5.91 Å². The van der Waals surface area contributed by atoms with Gasteiger partial charge in [-0.1, -0.05) is 48.2 Å². The quantitative estimate of drug-likeness (QED) is 0.380. The van der Waals surface area contributed by atoms with Gasteiger partial charge in [0, 0.05) is 22.3 Å². The molecule has 0 radical (unpaired) electrons. The van der Waals surface area contributed by atoms with E-state index >= 15 is 0 Å². The number of ether oxygens (including phenoxy) is 1. The molecule has 0 aliphatic carbocycles. The molecule has 3 amide bonds. The Hall–Kier alpha value is -4.11. The van der Waals surface area contributed by atoms with Gasteiger partial charge in [0.2, 0.25) is 11.9 Å². The van der Waals surface area contributed by atoms with Gasteiger partial charge in [-0.2, -0.15) is 0 Å². The zero-order chi connectivity index (χ0) is 23.6. The van der Waals surface area contributed by atoms with E-state index in [1.165, 1.54) is 25.8 Å². The largest absolute Gasteiger partial charge is 0.453 e. The minimum atomic E-state index is -0.806. The molecule has 0 unspecified atom stereocenters. The van der Waals surface area contributed by atoms with E-state index in [9.17, 15) is 14.4 Å². The van der Waals surface area contributed by atoms with Crippen LogP contribution in [0.5, 0.6) is 0 Å². The molecule has 9 heteroatoms. The summed E-state index contributed by atoms with van der Waals surface area (Å²) in [5.41, 5.74) is 1.14. The summed E-state index contributed by atoms with van der Waals surface area (Å²) >= 11 is 1.52. The molecule has 168 valence electrons. The van der Waals surface area contributed by atoms with Crippen molar-refractivity contribution < 1.29 is 19.1 Å². The van der Waals surface area contributed by atoms with Crippen LogP contribution in [-0.4, -0.2) is 31.0 Å². The molecule has 3 N–H and O–H groups in total. The van der Waals surface area contributed by atoms with E-state index in [1.54, 1.807) is 42.5 Å². The number of carbonyl (C=O) groups is 3. The summed E-state index contributed by atoms with van der Waals surface area (Å²) in [4.78, 5) is 42.4. The minimum Gasteiger partial charge on any atom is -0.453 e. The van der Waals surface area contributed by atoms with Crippen LogP contribution in [0.25, 0.3) is 0 Å². The summed E-state index contributed by atoms with van der Waals surface area (Å²) < 4.78 is 4.63. The van der Waals surface area contributed by atoms with Crippen LogP contribution in [0.15, 0.2) is 93.6 Å². The smallest absolute Gasteiger partial charge is 0.413 e. The van der Waals surface area contributed by atoms with Crippen LogP contribution in [0.1, 0.15) is 17.3 Å².